The van der Waals surface area contributed by atoms with E-state index in [-0.39, 0.29) is 11.3 Å². The molecule has 0 aromatic heterocycles. The van der Waals surface area contributed by atoms with E-state index in [9.17, 15) is 4.79 Å². The SMILES string of the molecule is CCOC(=O)CCC(Cl)c1ccc2ccccc2c1. The average Bonchev–Trinajstić information content (AvgIpc) is 2.44. The van der Waals surface area contributed by atoms with Crippen molar-refractivity contribution >= 4 is 28.3 Å². The van der Waals surface area contributed by atoms with Crippen molar-refractivity contribution in [1.29, 1.82) is 0 Å². The maximum atomic E-state index is 11.3. The lowest BCUT2D eigenvalue weighted by Crippen LogP contribution is -2.05. The molecule has 2 aromatic carbocycles. The molecule has 0 saturated carbocycles. The maximum Gasteiger partial charge on any atom is 0.305 e. The normalized spacial score (nSPS) is 12.3. The fourth-order valence-electron chi connectivity index (χ4n) is 2.05. The third-order valence-corrected chi connectivity index (χ3v) is 3.51. The molecule has 0 radical (unpaired) electrons. The number of hydrogen-bond donors (Lipinski definition) is 0. The van der Waals surface area contributed by atoms with Crippen LogP contribution in [0.2, 0.25) is 0 Å². The molecule has 2 nitrogen and oxygen atoms in total. The first-order chi connectivity index (χ1) is 9.20. The minimum Gasteiger partial charge on any atom is -0.466 e. The fourth-order valence-corrected chi connectivity index (χ4v) is 2.29. The molecule has 100 valence electrons. The van der Waals surface area contributed by atoms with E-state index in [4.69, 9.17) is 16.3 Å². The quantitative estimate of drug-likeness (QED) is 0.595. The van der Waals surface area contributed by atoms with Crippen molar-refractivity contribution in [2.24, 2.45) is 0 Å². The van der Waals surface area contributed by atoms with Gasteiger partial charge in [-0.3, -0.25) is 4.79 Å². The number of hydrogen-bond acceptors (Lipinski definition) is 2. The molecular weight excluding hydrogens is 260 g/mol. The second-order valence-electron chi connectivity index (χ2n) is 4.42. The molecule has 0 aliphatic rings. The third-order valence-electron chi connectivity index (χ3n) is 3.04. The highest BCUT2D eigenvalue weighted by molar-refractivity contribution is 6.21. The molecule has 1 unspecified atom stereocenters. The molecule has 0 spiro atoms. The smallest absolute Gasteiger partial charge is 0.305 e. The van der Waals surface area contributed by atoms with Gasteiger partial charge in [0.1, 0.15) is 0 Å². The van der Waals surface area contributed by atoms with Crippen molar-refractivity contribution in [3.05, 3.63) is 48.0 Å². The number of alkyl halides is 1. The van der Waals surface area contributed by atoms with Gasteiger partial charge >= 0.3 is 5.97 Å². The van der Waals surface area contributed by atoms with Gasteiger partial charge in [0.25, 0.3) is 0 Å². The molecule has 0 fully saturated rings. The lowest BCUT2D eigenvalue weighted by Gasteiger charge is -2.10. The molecule has 0 aliphatic heterocycles. The van der Waals surface area contributed by atoms with Crippen LogP contribution in [0.4, 0.5) is 0 Å². The van der Waals surface area contributed by atoms with Crippen molar-refractivity contribution < 1.29 is 9.53 Å². The molecule has 0 saturated heterocycles. The summed E-state index contributed by atoms with van der Waals surface area (Å²) < 4.78 is 4.90. The van der Waals surface area contributed by atoms with Crippen LogP contribution in [0.15, 0.2) is 42.5 Å². The first-order valence-electron chi connectivity index (χ1n) is 6.49. The number of rotatable bonds is 5. The molecule has 2 rings (SSSR count). The van der Waals surface area contributed by atoms with E-state index in [1.807, 2.05) is 18.2 Å². The minimum atomic E-state index is -0.186. The number of esters is 1. The molecule has 1 atom stereocenters. The second kappa shape index (κ2) is 6.58. The molecule has 0 aliphatic carbocycles. The summed E-state index contributed by atoms with van der Waals surface area (Å²) in [6.45, 7) is 2.22. The van der Waals surface area contributed by atoms with Gasteiger partial charge in [0.2, 0.25) is 0 Å². The summed E-state index contributed by atoms with van der Waals surface area (Å²) in [4.78, 5) is 11.3. The van der Waals surface area contributed by atoms with Gasteiger partial charge < -0.3 is 4.74 Å². The highest BCUT2D eigenvalue weighted by atomic mass is 35.5. The fraction of sp³-hybridized carbons (Fsp3) is 0.312. The van der Waals surface area contributed by atoms with Crippen LogP contribution in [0.1, 0.15) is 30.7 Å². The highest BCUT2D eigenvalue weighted by Gasteiger charge is 2.11. The van der Waals surface area contributed by atoms with E-state index in [1.54, 1.807) is 6.92 Å². The lowest BCUT2D eigenvalue weighted by molar-refractivity contribution is -0.143. The molecule has 3 heteroatoms. The van der Waals surface area contributed by atoms with Crippen LogP contribution in [0.5, 0.6) is 0 Å². The lowest BCUT2D eigenvalue weighted by atomic mass is 10.0. The van der Waals surface area contributed by atoms with Crippen LogP contribution in [0.3, 0.4) is 0 Å². The Bertz CT molecular complexity index is 565. The van der Waals surface area contributed by atoms with Crippen molar-refractivity contribution in [2.75, 3.05) is 6.61 Å². The Labute approximate surface area is 118 Å². The van der Waals surface area contributed by atoms with E-state index in [2.05, 4.69) is 24.3 Å². The van der Waals surface area contributed by atoms with Gasteiger partial charge in [-0.1, -0.05) is 36.4 Å². The third kappa shape index (κ3) is 3.71. The van der Waals surface area contributed by atoms with Crippen LogP contribution in [0.25, 0.3) is 10.8 Å². The monoisotopic (exact) mass is 276 g/mol. The van der Waals surface area contributed by atoms with E-state index < -0.39 is 0 Å². The van der Waals surface area contributed by atoms with Gasteiger partial charge in [-0.25, -0.2) is 0 Å². The zero-order valence-corrected chi connectivity index (χ0v) is 11.7. The summed E-state index contributed by atoms with van der Waals surface area (Å²) in [6, 6.07) is 14.3. The molecular formula is C16H17ClO2. The van der Waals surface area contributed by atoms with Gasteiger partial charge in [0, 0.05) is 6.42 Å². The molecule has 0 heterocycles. The van der Waals surface area contributed by atoms with Gasteiger partial charge in [0.05, 0.1) is 12.0 Å². The number of ether oxygens (including phenoxy) is 1. The Morgan fingerprint density at radius 1 is 1.21 bits per heavy atom. The Balaban J connectivity index is 2.04. The van der Waals surface area contributed by atoms with Crippen LogP contribution >= 0.6 is 11.6 Å². The molecule has 0 bridgehead atoms. The summed E-state index contributed by atoms with van der Waals surface area (Å²) in [7, 11) is 0. The van der Waals surface area contributed by atoms with Gasteiger partial charge in [0.15, 0.2) is 0 Å². The first-order valence-corrected chi connectivity index (χ1v) is 6.92. The van der Waals surface area contributed by atoms with Crippen LogP contribution in [-0.4, -0.2) is 12.6 Å². The van der Waals surface area contributed by atoms with Crippen molar-refractivity contribution in [2.45, 2.75) is 25.1 Å². The van der Waals surface area contributed by atoms with E-state index in [0.29, 0.717) is 19.4 Å². The number of benzene rings is 2. The van der Waals surface area contributed by atoms with E-state index >= 15 is 0 Å². The van der Waals surface area contributed by atoms with E-state index in [1.165, 1.54) is 10.8 Å². The second-order valence-corrected chi connectivity index (χ2v) is 4.94. The molecule has 19 heavy (non-hydrogen) atoms. The van der Waals surface area contributed by atoms with Crippen molar-refractivity contribution in [1.82, 2.24) is 0 Å². The standard InChI is InChI=1S/C16H17ClO2/c1-2-19-16(18)10-9-15(17)14-8-7-12-5-3-4-6-13(12)11-14/h3-8,11,15H,2,9-10H2,1H3. The van der Waals surface area contributed by atoms with E-state index in [0.717, 1.165) is 5.56 Å². The zero-order valence-electron chi connectivity index (χ0n) is 10.9. The molecule has 0 N–H and O–H groups in total. The van der Waals surface area contributed by atoms with Gasteiger partial charge in [-0.05, 0) is 35.7 Å². The topological polar surface area (TPSA) is 26.3 Å². The molecule has 2 aromatic rings. The predicted molar refractivity (Wildman–Crippen MR) is 78.4 cm³/mol. The number of carbonyl (C=O) groups excluding carboxylic acids is 1. The summed E-state index contributed by atoms with van der Waals surface area (Å²) in [5.41, 5.74) is 1.05. The number of halogens is 1. The van der Waals surface area contributed by atoms with Crippen LogP contribution < -0.4 is 0 Å². The predicted octanol–water partition coefficient (Wildman–Crippen LogP) is 4.46. The van der Waals surface area contributed by atoms with Crippen molar-refractivity contribution in [3.8, 4) is 0 Å². The van der Waals surface area contributed by atoms with Gasteiger partial charge in [-0.2, -0.15) is 0 Å². The summed E-state index contributed by atoms with van der Waals surface area (Å²) >= 11 is 6.34. The Kier molecular flexibility index (Phi) is 4.80. The average molecular weight is 277 g/mol. The Morgan fingerprint density at radius 3 is 2.68 bits per heavy atom. The summed E-state index contributed by atoms with van der Waals surface area (Å²) in [5, 5.41) is 2.20. The summed E-state index contributed by atoms with van der Waals surface area (Å²) in [5.74, 6) is -0.186. The van der Waals surface area contributed by atoms with Crippen molar-refractivity contribution in [3.63, 3.8) is 0 Å². The maximum absolute atomic E-state index is 11.3. The largest absolute Gasteiger partial charge is 0.466 e. The van der Waals surface area contributed by atoms with Crippen LogP contribution in [-0.2, 0) is 9.53 Å². The Hall–Kier alpha value is -1.54. The van der Waals surface area contributed by atoms with Crippen LogP contribution in [0, 0.1) is 0 Å². The summed E-state index contributed by atoms with van der Waals surface area (Å²) in [6.07, 6.45) is 0.952. The first kappa shape index (κ1) is 13.9. The Morgan fingerprint density at radius 2 is 1.95 bits per heavy atom. The minimum absolute atomic E-state index is 0.158. The number of fused-ring (bicyclic) bond motifs is 1. The zero-order chi connectivity index (χ0) is 13.7. The van der Waals surface area contributed by atoms with Gasteiger partial charge in [-0.15, -0.1) is 11.6 Å². The number of carbonyl (C=O) groups is 1. The molecule has 0 amide bonds. The highest BCUT2D eigenvalue weighted by Crippen LogP contribution is 2.28.